The number of aromatic nitrogens is 1. The average Bonchev–Trinajstić information content (AvgIpc) is 2.88. The molecule has 0 aliphatic heterocycles. The number of benzene rings is 1. The molecule has 1 aromatic heterocycles. The standard InChI is InChI=1S/C15H19N3O2/c1-2-3-8-20-9-7-17-15(19)13-10-11-5-4-6-12(16)14(11)18-13/h2,4-6,10,18H,1,3,7-9,16H2,(H,17,19). The van der Waals surface area contributed by atoms with Gasteiger partial charge in [0.15, 0.2) is 0 Å². The Hall–Kier alpha value is -2.27. The number of amides is 1. The van der Waals surface area contributed by atoms with Crippen LogP contribution in [0.2, 0.25) is 0 Å². The highest BCUT2D eigenvalue weighted by Gasteiger charge is 2.09. The normalized spacial score (nSPS) is 10.6. The predicted molar refractivity (Wildman–Crippen MR) is 80.7 cm³/mol. The predicted octanol–water partition coefficient (Wildman–Crippen LogP) is 2.07. The highest BCUT2D eigenvalue weighted by molar-refractivity contribution is 6.00. The van der Waals surface area contributed by atoms with Gasteiger partial charge in [-0.15, -0.1) is 6.58 Å². The molecule has 0 unspecified atom stereocenters. The monoisotopic (exact) mass is 273 g/mol. The summed E-state index contributed by atoms with van der Waals surface area (Å²) in [5.74, 6) is -0.159. The molecule has 0 spiro atoms. The van der Waals surface area contributed by atoms with E-state index in [2.05, 4.69) is 16.9 Å². The van der Waals surface area contributed by atoms with Crippen LogP contribution >= 0.6 is 0 Å². The Labute approximate surface area is 117 Å². The van der Waals surface area contributed by atoms with Crippen LogP contribution in [0, 0.1) is 0 Å². The number of nitrogen functional groups attached to an aromatic ring is 1. The Balaban J connectivity index is 1.88. The summed E-state index contributed by atoms with van der Waals surface area (Å²) in [4.78, 5) is 15.0. The molecular weight excluding hydrogens is 254 g/mol. The van der Waals surface area contributed by atoms with Crippen LogP contribution in [0.4, 0.5) is 5.69 Å². The van der Waals surface area contributed by atoms with Gasteiger partial charge in [-0.05, 0) is 18.6 Å². The molecule has 4 N–H and O–H groups in total. The minimum absolute atomic E-state index is 0.159. The summed E-state index contributed by atoms with van der Waals surface area (Å²) in [7, 11) is 0. The fourth-order valence-corrected chi connectivity index (χ4v) is 1.90. The first kappa shape index (κ1) is 14.1. The lowest BCUT2D eigenvalue weighted by Crippen LogP contribution is -2.27. The molecular formula is C15H19N3O2. The van der Waals surface area contributed by atoms with E-state index in [1.807, 2.05) is 12.1 Å². The van der Waals surface area contributed by atoms with E-state index in [0.717, 1.165) is 17.3 Å². The van der Waals surface area contributed by atoms with Crippen molar-refractivity contribution in [2.24, 2.45) is 0 Å². The zero-order chi connectivity index (χ0) is 14.4. The average molecular weight is 273 g/mol. The lowest BCUT2D eigenvalue weighted by Gasteiger charge is -2.04. The van der Waals surface area contributed by atoms with Crippen molar-refractivity contribution in [3.05, 3.63) is 42.6 Å². The molecule has 0 atom stereocenters. The van der Waals surface area contributed by atoms with Crippen molar-refractivity contribution in [3.63, 3.8) is 0 Å². The minimum Gasteiger partial charge on any atom is -0.397 e. The summed E-state index contributed by atoms with van der Waals surface area (Å²) in [6.07, 6.45) is 2.61. The van der Waals surface area contributed by atoms with Crippen LogP contribution in [-0.2, 0) is 4.74 Å². The molecule has 1 aromatic carbocycles. The lowest BCUT2D eigenvalue weighted by atomic mass is 10.2. The third kappa shape index (κ3) is 3.39. The summed E-state index contributed by atoms with van der Waals surface area (Å²) in [5, 5.41) is 3.72. The smallest absolute Gasteiger partial charge is 0.267 e. The maximum atomic E-state index is 12.0. The summed E-state index contributed by atoms with van der Waals surface area (Å²) in [6, 6.07) is 7.37. The molecule has 0 aliphatic carbocycles. The molecule has 0 aliphatic rings. The third-order valence-corrected chi connectivity index (χ3v) is 2.93. The largest absolute Gasteiger partial charge is 0.397 e. The number of anilines is 1. The van der Waals surface area contributed by atoms with Gasteiger partial charge in [0.1, 0.15) is 5.69 Å². The van der Waals surface area contributed by atoms with Crippen LogP contribution in [-0.4, -0.2) is 30.6 Å². The number of rotatable bonds is 7. The second-order valence-corrected chi connectivity index (χ2v) is 4.44. The number of aromatic amines is 1. The van der Waals surface area contributed by atoms with Gasteiger partial charge in [-0.1, -0.05) is 18.2 Å². The van der Waals surface area contributed by atoms with Crippen LogP contribution in [0.5, 0.6) is 0 Å². The molecule has 0 radical (unpaired) electrons. The highest BCUT2D eigenvalue weighted by atomic mass is 16.5. The Kier molecular flexibility index (Phi) is 4.79. The van der Waals surface area contributed by atoms with E-state index in [9.17, 15) is 4.79 Å². The minimum atomic E-state index is -0.159. The van der Waals surface area contributed by atoms with Gasteiger partial charge < -0.3 is 20.8 Å². The lowest BCUT2D eigenvalue weighted by molar-refractivity contribution is 0.0914. The number of ether oxygens (including phenoxy) is 1. The van der Waals surface area contributed by atoms with Gasteiger partial charge in [-0.2, -0.15) is 0 Å². The van der Waals surface area contributed by atoms with Gasteiger partial charge in [0.25, 0.3) is 5.91 Å². The van der Waals surface area contributed by atoms with E-state index >= 15 is 0 Å². The second kappa shape index (κ2) is 6.77. The zero-order valence-corrected chi connectivity index (χ0v) is 11.3. The molecule has 1 amide bonds. The van der Waals surface area contributed by atoms with Gasteiger partial charge in [0, 0.05) is 11.9 Å². The number of nitrogens with one attached hydrogen (secondary N) is 2. The summed E-state index contributed by atoms with van der Waals surface area (Å²) in [5.41, 5.74) is 7.78. The molecule has 20 heavy (non-hydrogen) atoms. The van der Waals surface area contributed by atoms with Gasteiger partial charge in [-0.3, -0.25) is 4.79 Å². The molecule has 1 heterocycles. The number of carbonyl (C=O) groups is 1. The van der Waals surface area contributed by atoms with Crippen molar-refractivity contribution in [1.82, 2.24) is 10.3 Å². The fourth-order valence-electron chi connectivity index (χ4n) is 1.90. The van der Waals surface area contributed by atoms with Gasteiger partial charge in [0.05, 0.1) is 24.4 Å². The second-order valence-electron chi connectivity index (χ2n) is 4.44. The van der Waals surface area contributed by atoms with Gasteiger partial charge in [0.2, 0.25) is 0 Å². The Bertz CT molecular complexity index is 604. The van der Waals surface area contributed by atoms with E-state index in [1.165, 1.54) is 0 Å². The van der Waals surface area contributed by atoms with E-state index in [-0.39, 0.29) is 5.91 Å². The molecule has 0 saturated heterocycles. The molecule has 5 heteroatoms. The number of H-pyrrole nitrogens is 1. The number of carbonyl (C=O) groups excluding carboxylic acids is 1. The summed E-state index contributed by atoms with van der Waals surface area (Å²) in [6.45, 7) is 5.20. The van der Waals surface area contributed by atoms with E-state index in [0.29, 0.717) is 31.1 Å². The fraction of sp³-hybridized carbons (Fsp3) is 0.267. The molecule has 2 aromatic rings. The SMILES string of the molecule is C=CCCOCCNC(=O)c1cc2cccc(N)c2[nH]1. The van der Waals surface area contributed by atoms with Crippen molar-refractivity contribution in [1.29, 1.82) is 0 Å². The van der Waals surface area contributed by atoms with E-state index in [4.69, 9.17) is 10.5 Å². The molecule has 0 saturated carbocycles. The van der Waals surface area contributed by atoms with Gasteiger partial charge in [-0.25, -0.2) is 0 Å². The number of para-hydroxylation sites is 1. The molecule has 2 rings (SSSR count). The maximum Gasteiger partial charge on any atom is 0.267 e. The molecule has 0 bridgehead atoms. The number of fused-ring (bicyclic) bond motifs is 1. The maximum absolute atomic E-state index is 12.0. The third-order valence-electron chi connectivity index (χ3n) is 2.93. The highest BCUT2D eigenvalue weighted by Crippen LogP contribution is 2.20. The van der Waals surface area contributed by atoms with Crippen molar-refractivity contribution < 1.29 is 9.53 Å². The quantitative estimate of drug-likeness (QED) is 0.410. The van der Waals surface area contributed by atoms with Crippen LogP contribution in [0.3, 0.4) is 0 Å². The Morgan fingerprint density at radius 3 is 3.05 bits per heavy atom. The van der Waals surface area contributed by atoms with Crippen LogP contribution in [0.25, 0.3) is 10.9 Å². The zero-order valence-electron chi connectivity index (χ0n) is 11.3. The molecule has 106 valence electrons. The van der Waals surface area contributed by atoms with Crippen LogP contribution in [0.15, 0.2) is 36.9 Å². The van der Waals surface area contributed by atoms with Crippen molar-refractivity contribution in [2.75, 3.05) is 25.5 Å². The van der Waals surface area contributed by atoms with Crippen LogP contribution in [0.1, 0.15) is 16.9 Å². The number of hydrogen-bond acceptors (Lipinski definition) is 3. The molecule has 0 fully saturated rings. The van der Waals surface area contributed by atoms with Crippen molar-refractivity contribution in [2.45, 2.75) is 6.42 Å². The molecule has 5 nitrogen and oxygen atoms in total. The summed E-state index contributed by atoms with van der Waals surface area (Å²) < 4.78 is 5.32. The van der Waals surface area contributed by atoms with Crippen LogP contribution < -0.4 is 11.1 Å². The Morgan fingerprint density at radius 2 is 2.30 bits per heavy atom. The Morgan fingerprint density at radius 1 is 1.45 bits per heavy atom. The first-order chi connectivity index (χ1) is 9.72. The first-order valence-corrected chi connectivity index (χ1v) is 6.56. The first-order valence-electron chi connectivity index (χ1n) is 6.56. The topological polar surface area (TPSA) is 80.1 Å². The summed E-state index contributed by atoms with van der Waals surface area (Å²) >= 11 is 0. The van der Waals surface area contributed by atoms with Gasteiger partial charge >= 0.3 is 0 Å². The van der Waals surface area contributed by atoms with Crippen molar-refractivity contribution in [3.8, 4) is 0 Å². The number of hydrogen-bond donors (Lipinski definition) is 3. The van der Waals surface area contributed by atoms with E-state index < -0.39 is 0 Å². The van der Waals surface area contributed by atoms with E-state index in [1.54, 1.807) is 18.2 Å². The van der Waals surface area contributed by atoms with Crippen molar-refractivity contribution >= 4 is 22.5 Å². The number of nitrogens with two attached hydrogens (primary N) is 1.